The van der Waals surface area contributed by atoms with Gasteiger partial charge in [0.25, 0.3) is 0 Å². The van der Waals surface area contributed by atoms with Gasteiger partial charge < -0.3 is 9.72 Å². The van der Waals surface area contributed by atoms with Crippen molar-refractivity contribution in [3.8, 4) is 17.1 Å². The second-order valence-electron chi connectivity index (χ2n) is 5.65. The van der Waals surface area contributed by atoms with Gasteiger partial charge in [-0.05, 0) is 31.0 Å². The van der Waals surface area contributed by atoms with Gasteiger partial charge in [-0.2, -0.15) is 5.10 Å². The summed E-state index contributed by atoms with van der Waals surface area (Å²) in [5.74, 6) is 2.04. The summed E-state index contributed by atoms with van der Waals surface area (Å²) in [5, 5.41) is 4.79. The van der Waals surface area contributed by atoms with Crippen molar-refractivity contribution in [1.29, 1.82) is 0 Å². The van der Waals surface area contributed by atoms with E-state index in [1.54, 1.807) is 0 Å². The van der Waals surface area contributed by atoms with Gasteiger partial charge in [0.1, 0.15) is 0 Å². The molecule has 1 aliphatic heterocycles. The van der Waals surface area contributed by atoms with Gasteiger partial charge in [-0.25, -0.2) is 9.67 Å². The SMILES string of the molecule is Cc1ccccc1-n1nc([C@@H]2CCOC2)nc1-c1cc[nH]c1. The molecular formula is C17H18N4O. The lowest BCUT2D eigenvalue weighted by atomic mass is 10.1. The Bertz CT molecular complexity index is 770. The first-order valence-corrected chi connectivity index (χ1v) is 7.57. The second kappa shape index (κ2) is 5.42. The van der Waals surface area contributed by atoms with Crippen LogP contribution >= 0.6 is 0 Å². The summed E-state index contributed by atoms with van der Waals surface area (Å²) in [6.45, 7) is 3.60. The smallest absolute Gasteiger partial charge is 0.165 e. The van der Waals surface area contributed by atoms with Gasteiger partial charge in [-0.15, -0.1) is 0 Å². The molecule has 0 spiro atoms. The topological polar surface area (TPSA) is 55.7 Å². The van der Waals surface area contributed by atoms with Crippen molar-refractivity contribution in [2.45, 2.75) is 19.3 Å². The summed E-state index contributed by atoms with van der Waals surface area (Å²) in [6.07, 6.45) is 4.85. The van der Waals surface area contributed by atoms with E-state index in [1.807, 2.05) is 35.3 Å². The molecule has 0 aliphatic carbocycles. The number of hydrogen-bond donors (Lipinski definition) is 1. The largest absolute Gasteiger partial charge is 0.381 e. The Morgan fingerprint density at radius 1 is 1.27 bits per heavy atom. The van der Waals surface area contributed by atoms with E-state index < -0.39 is 0 Å². The number of nitrogens with one attached hydrogen (secondary N) is 1. The number of nitrogens with zero attached hydrogens (tertiary/aromatic N) is 3. The Labute approximate surface area is 129 Å². The Hall–Kier alpha value is -2.40. The molecule has 0 saturated carbocycles. The normalized spacial score (nSPS) is 18.0. The third-order valence-corrected chi connectivity index (χ3v) is 4.12. The van der Waals surface area contributed by atoms with Crippen LogP contribution in [-0.4, -0.2) is 33.0 Å². The maximum atomic E-state index is 5.49. The van der Waals surface area contributed by atoms with E-state index in [2.05, 4.69) is 24.0 Å². The minimum Gasteiger partial charge on any atom is -0.381 e. The fourth-order valence-electron chi connectivity index (χ4n) is 2.86. The summed E-state index contributed by atoms with van der Waals surface area (Å²) in [7, 11) is 0. The maximum absolute atomic E-state index is 5.49. The molecule has 22 heavy (non-hydrogen) atoms. The van der Waals surface area contributed by atoms with E-state index >= 15 is 0 Å². The van der Waals surface area contributed by atoms with E-state index in [4.69, 9.17) is 14.8 Å². The lowest BCUT2D eigenvalue weighted by molar-refractivity contribution is 0.193. The number of aryl methyl sites for hydroxylation is 1. The average molecular weight is 294 g/mol. The van der Waals surface area contributed by atoms with Crippen molar-refractivity contribution in [3.63, 3.8) is 0 Å². The number of aromatic amines is 1. The van der Waals surface area contributed by atoms with Gasteiger partial charge in [0.15, 0.2) is 11.6 Å². The molecular weight excluding hydrogens is 276 g/mol. The minimum absolute atomic E-state index is 0.294. The molecule has 112 valence electrons. The predicted molar refractivity (Wildman–Crippen MR) is 84.1 cm³/mol. The summed E-state index contributed by atoms with van der Waals surface area (Å²) in [5.41, 5.74) is 3.29. The summed E-state index contributed by atoms with van der Waals surface area (Å²) in [4.78, 5) is 7.90. The van der Waals surface area contributed by atoms with Gasteiger partial charge in [-0.1, -0.05) is 18.2 Å². The highest BCUT2D eigenvalue weighted by molar-refractivity contribution is 5.58. The first-order chi connectivity index (χ1) is 10.8. The molecule has 1 aromatic carbocycles. The number of H-pyrrole nitrogens is 1. The van der Waals surface area contributed by atoms with E-state index in [9.17, 15) is 0 Å². The molecule has 0 unspecified atom stereocenters. The zero-order chi connectivity index (χ0) is 14.9. The zero-order valence-electron chi connectivity index (χ0n) is 12.5. The molecule has 3 aromatic rings. The number of aromatic nitrogens is 4. The van der Waals surface area contributed by atoms with Gasteiger partial charge in [0.05, 0.1) is 12.3 Å². The molecule has 3 heterocycles. The van der Waals surface area contributed by atoms with Crippen LogP contribution in [0, 0.1) is 6.92 Å². The third kappa shape index (κ3) is 2.23. The van der Waals surface area contributed by atoms with Crippen LogP contribution in [0.25, 0.3) is 17.1 Å². The van der Waals surface area contributed by atoms with Gasteiger partial charge >= 0.3 is 0 Å². The average Bonchev–Trinajstić information content (AvgIpc) is 3.27. The monoisotopic (exact) mass is 294 g/mol. The number of rotatable bonds is 3. The molecule has 4 rings (SSSR count). The molecule has 0 bridgehead atoms. The molecule has 1 fully saturated rings. The zero-order valence-corrected chi connectivity index (χ0v) is 12.5. The molecule has 0 amide bonds. The summed E-state index contributed by atoms with van der Waals surface area (Å²) in [6, 6.07) is 10.3. The van der Waals surface area contributed by atoms with Crippen LogP contribution in [0.3, 0.4) is 0 Å². The fraction of sp³-hybridized carbons (Fsp3) is 0.294. The van der Waals surface area contributed by atoms with Crippen molar-refractivity contribution < 1.29 is 4.74 Å². The lowest BCUT2D eigenvalue weighted by Gasteiger charge is -2.07. The molecule has 2 aromatic heterocycles. The van der Waals surface area contributed by atoms with Crippen LogP contribution in [0.5, 0.6) is 0 Å². The molecule has 1 atom stereocenters. The Balaban J connectivity index is 1.86. The standard InChI is InChI=1S/C17H18N4O/c1-12-4-2-3-5-15(12)21-17(13-6-8-18-10-13)19-16(20-21)14-7-9-22-11-14/h2-6,8,10,14,18H,7,9,11H2,1H3/t14-/m1/s1. The molecule has 1 N–H and O–H groups in total. The summed E-state index contributed by atoms with van der Waals surface area (Å²) >= 11 is 0. The van der Waals surface area contributed by atoms with E-state index in [0.717, 1.165) is 35.9 Å². The van der Waals surface area contributed by atoms with Gasteiger partial charge in [-0.3, -0.25) is 0 Å². The summed E-state index contributed by atoms with van der Waals surface area (Å²) < 4.78 is 7.44. The van der Waals surface area contributed by atoms with E-state index in [1.165, 1.54) is 5.56 Å². The van der Waals surface area contributed by atoms with Crippen molar-refractivity contribution in [2.24, 2.45) is 0 Å². The molecule has 5 heteroatoms. The first-order valence-electron chi connectivity index (χ1n) is 7.57. The highest BCUT2D eigenvalue weighted by atomic mass is 16.5. The van der Waals surface area contributed by atoms with Crippen LogP contribution in [-0.2, 0) is 4.74 Å². The van der Waals surface area contributed by atoms with Crippen molar-refractivity contribution >= 4 is 0 Å². The van der Waals surface area contributed by atoms with E-state index in [-0.39, 0.29) is 0 Å². The number of para-hydroxylation sites is 1. The van der Waals surface area contributed by atoms with Crippen LogP contribution in [0.15, 0.2) is 42.7 Å². The third-order valence-electron chi connectivity index (χ3n) is 4.12. The van der Waals surface area contributed by atoms with Crippen LogP contribution < -0.4 is 0 Å². The van der Waals surface area contributed by atoms with Crippen LogP contribution in [0.1, 0.15) is 23.7 Å². The minimum atomic E-state index is 0.294. The molecule has 5 nitrogen and oxygen atoms in total. The van der Waals surface area contributed by atoms with Crippen LogP contribution in [0.2, 0.25) is 0 Å². The maximum Gasteiger partial charge on any atom is 0.165 e. The van der Waals surface area contributed by atoms with Crippen molar-refractivity contribution in [1.82, 2.24) is 19.7 Å². The molecule has 0 radical (unpaired) electrons. The Kier molecular flexibility index (Phi) is 3.27. The molecule has 1 saturated heterocycles. The highest BCUT2D eigenvalue weighted by Crippen LogP contribution is 2.28. The van der Waals surface area contributed by atoms with E-state index in [0.29, 0.717) is 12.5 Å². The van der Waals surface area contributed by atoms with Crippen LogP contribution in [0.4, 0.5) is 0 Å². The second-order valence-corrected chi connectivity index (χ2v) is 5.65. The number of benzene rings is 1. The van der Waals surface area contributed by atoms with Gasteiger partial charge in [0.2, 0.25) is 0 Å². The van der Waals surface area contributed by atoms with Crippen molar-refractivity contribution in [2.75, 3.05) is 13.2 Å². The fourth-order valence-corrected chi connectivity index (χ4v) is 2.86. The molecule has 1 aliphatic rings. The lowest BCUT2D eigenvalue weighted by Crippen LogP contribution is -2.03. The highest BCUT2D eigenvalue weighted by Gasteiger charge is 2.25. The number of hydrogen-bond acceptors (Lipinski definition) is 3. The van der Waals surface area contributed by atoms with Crippen molar-refractivity contribution in [3.05, 3.63) is 54.1 Å². The Morgan fingerprint density at radius 2 is 2.18 bits per heavy atom. The predicted octanol–water partition coefficient (Wildman–Crippen LogP) is 3.07. The quantitative estimate of drug-likeness (QED) is 0.807. The number of ether oxygens (including phenoxy) is 1. The van der Waals surface area contributed by atoms with Gasteiger partial charge in [0, 0.05) is 30.5 Å². The Morgan fingerprint density at radius 3 is 2.91 bits per heavy atom. The first kappa shape index (κ1) is 13.3.